The Morgan fingerprint density at radius 1 is 0.574 bits per heavy atom. The summed E-state index contributed by atoms with van der Waals surface area (Å²) in [5.41, 5.74) is -11.5. The van der Waals surface area contributed by atoms with Crippen LogP contribution < -0.4 is 0 Å². The van der Waals surface area contributed by atoms with Gasteiger partial charge in [0.05, 0.1) is 19.3 Å². The van der Waals surface area contributed by atoms with Gasteiger partial charge in [0.1, 0.15) is 41.2 Å². The third-order valence-electron chi connectivity index (χ3n) is 12.6. The molecule has 11 atom stereocenters. The van der Waals surface area contributed by atoms with E-state index in [1.165, 1.54) is 6.08 Å². The molecule has 0 saturated carbocycles. The van der Waals surface area contributed by atoms with Gasteiger partial charge in [0.2, 0.25) is 0 Å². The highest BCUT2D eigenvalue weighted by Gasteiger charge is 2.80. The van der Waals surface area contributed by atoms with Crippen molar-refractivity contribution in [2.45, 2.75) is 96.9 Å². The third kappa shape index (κ3) is 8.25. The first-order valence-corrected chi connectivity index (χ1v) is 20.6. The Morgan fingerprint density at radius 2 is 0.984 bits per heavy atom. The number of aliphatic hydroxyl groups is 8. The molecule has 2 heterocycles. The molecule has 5 aromatic carbocycles. The van der Waals surface area contributed by atoms with Crippen molar-refractivity contribution in [1.82, 2.24) is 0 Å². The van der Waals surface area contributed by atoms with E-state index in [9.17, 15) is 40.9 Å². The second-order valence-electron chi connectivity index (χ2n) is 16.6. The van der Waals surface area contributed by atoms with Gasteiger partial charge in [0, 0.05) is 32.1 Å². The quantitative estimate of drug-likeness (QED) is 0.0682. The van der Waals surface area contributed by atoms with E-state index in [-0.39, 0.29) is 19.4 Å². The third-order valence-corrected chi connectivity index (χ3v) is 12.6. The first-order chi connectivity index (χ1) is 29.3. The minimum atomic E-state index is -3.12. The van der Waals surface area contributed by atoms with Crippen LogP contribution in [-0.2, 0) is 46.3 Å². The normalized spacial score (nSPS) is 33.1. The van der Waals surface area contributed by atoms with Gasteiger partial charge in [0.25, 0.3) is 0 Å². The summed E-state index contributed by atoms with van der Waals surface area (Å²) in [5, 5.41) is 105. The standard InChI is InChI=1S/C50H56O11/c1-2-28-59-45-48(56,32-38-24-14-6-15-25-38)50(58,42(53)41(34-51)60-45)44-47(55,31-37-22-12-5-13-23-37)49(57,33-39-26-16-7-17-27-39)46(54,30-36-20-10-4-11-21-36)43(61-44)40(52)29-35-18-8-3-9-19-35/h2-27,40-45,51-58H,1,28-34H2/t40?,41-,42-,43-,44-,45+,46-,47+,48+,49+,50-/m1/s1. The molecule has 2 saturated heterocycles. The van der Waals surface area contributed by atoms with Crippen molar-refractivity contribution in [3.05, 3.63) is 192 Å². The zero-order valence-electron chi connectivity index (χ0n) is 33.9. The molecule has 7 rings (SSSR count). The van der Waals surface area contributed by atoms with E-state index in [0.29, 0.717) is 27.8 Å². The molecule has 2 aliphatic rings. The molecule has 0 aliphatic carbocycles. The molecule has 0 aromatic heterocycles. The molecule has 1 unspecified atom stereocenters. The van der Waals surface area contributed by atoms with E-state index in [2.05, 4.69) is 6.58 Å². The van der Waals surface area contributed by atoms with Crippen LogP contribution in [0.1, 0.15) is 27.8 Å². The summed E-state index contributed by atoms with van der Waals surface area (Å²) in [6.07, 6.45) is -11.9. The Bertz CT molecular complexity index is 2150. The Balaban J connectivity index is 1.55. The lowest BCUT2D eigenvalue weighted by Crippen LogP contribution is -2.90. The number of ether oxygens (including phenoxy) is 3. The van der Waals surface area contributed by atoms with E-state index in [0.717, 1.165) is 0 Å². The second kappa shape index (κ2) is 18.4. The Labute approximate surface area is 356 Å². The van der Waals surface area contributed by atoms with Crippen LogP contribution in [0.3, 0.4) is 0 Å². The zero-order valence-corrected chi connectivity index (χ0v) is 33.9. The maximum absolute atomic E-state index is 14.1. The van der Waals surface area contributed by atoms with Gasteiger partial charge in [-0.1, -0.05) is 158 Å². The highest BCUT2D eigenvalue weighted by atomic mass is 16.7. The topological polar surface area (TPSA) is 190 Å². The molecule has 0 bridgehead atoms. The summed E-state index contributed by atoms with van der Waals surface area (Å²) in [6.45, 7) is 2.63. The maximum Gasteiger partial charge on any atom is 0.190 e. The molecular formula is C50H56O11. The molecule has 11 nitrogen and oxygen atoms in total. The lowest BCUT2D eigenvalue weighted by molar-refractivity contribution is -0.440. The molecule has 322 valence electrons. The van der Waals surface area contributed by atoms with Crippen LogP contribution in [0.2, 0.25) is 0 Å². The second-order valence-corrected chi connectivity index (χ2v) is 16.6. The molecule has 0 amide bonds. The first kappa shape index (κ1) is 44.5. The van der Waals surface area contributed by atoms with Crippen LogP contribution in [-0.4, -0.2) is 119 Å². The van der Waals surface area contributed by atoms with E-state index in [4.69, 9.17) is 14.2 Å². The fourth-order valence-electron chi connectivity index (χ4n) is 9.60. The highest BCUT2D eigenvalue weighted by Crippen LogP contribution is 2.57. The minimum absolute atomic E-state index is 0.115. The SMILES string of the molecule is C=CCO[C@H]1O[C@H](CO)[C@@H](O)[C@@](O)([C@@H]2O[C@H](C(O)Cc3ccccc3)[C@](O)(Cc3ccccc3)[C@@](O)(Cc3ccccc3)[C@]2(O)Cc2ccccc2)[C@]1(O)Cc1ccccc1. The summed E-state index contributed by atoms with van der Waals surface area (Å²) in [6, 6.07) is 43.6. The number of hydrogen-bond donors (Lipinski definition) is 8. The van der Waals surface area contributed by atoms with Crippen molar-refractivity contribution in [1.29, 1.82) is 0 Å². The average molecular weight is 833 g/mol. The van der Waals surface area contributed by atoms with Gasteiger partial charge in [-0.15, -0.1) is 6.58 Å². The van der Waals surface area contributed by atoms with Crippen LogP contribution in [0, 0.1) is 0 Å². The van der Waals surface area contributed by atoms with Crippen molar-refractivity contribution in [3.8, 4) is 0 Å². The molecule has 8 N–H and O–H groups in total. The van der Waals surface area contributed by atoms with Crippen molar-refractivity contribution >= 4 is 0 Å². The molecule has 11 heteroatoms. The zero-order chi connectivity index (χ0) is 43.3. The molecule has 5 aromatic rings. The maximum atomic E-state index is 14.1. The number of aliphatic hydroxyl groups excluding tert-OH is 3. The van der Waals surface area contributed by atoms with E-state index in [1.54, 1.807) is 146 Å². The van der Waals surface area contributed by atoms with E-state index in [1.807, 2.05) is 6.07 Å². The van der Waals surface area contributed by atoms with Crippen molar-refractivity contribution in [3.63, 3.8) is 0 Å². The summed E-state index contributed by atoms with van der Waals surface area (Å²) >= 11 is 0. The van der Waals surface area contributed by atoms with Gasteiger partial charge >= 0.3 is 0 Å². The van der Waals surface area contributed by atoms with Crippen LogP contribution in [0.4, 0.5) is 0 Å². The Hall–Kier alpha value is -4.60. The highest BCUT2D eigenvalue weighted by molar-refractivity contribution is 5.38. The smallest absolute Gasteiger partial charge is 0.190 e. The van der Waals surface area contributed by atoms with Crippen LogP contribution in [0.15, 0.2) is 164 Å². The average Bonchev–Trinajstić information content (AvgIpc) is 3.27. The fraction of sp³-hybridized carbons (Fsp3) is 0.360. The lowest BCUT2D eigenvalue weighted by Gasteiger charge is -2.68. The van der Waals surface area contributed by atoms with E-state index < -0.39 is 90.7 Å². The molecule has 0 radical (unpaired) electrons. The van der Waals surface area contributed by atoms with Crippen LogP contribution in [0.5, 0.6) is 0 Å². The lowest BCUT2D eigenvalue weighted by atomic mass is 9.52. The molecular weight excluding hydrogens is 777 g/mol. The monoisotopic (exact) mass is 832 g/mol. The predicted octanol–water partition coefficient (Wildman–Crippen LogP) is 3.26. The van der Waals surface area contributed by atoms with Crippen molar-refractivity contribution < 1.29 is 55.1 Å². The first-order valence-electron chi connectivity index (χ1n) is 20.6. The number of hydrogen-bond acceptors (Lipinski definition) is 11. The van der Waals surface area contributed by atoms with Gasteiger partial charge < -0.3 is 55.1 Å². The molecule has 2 aliphatic heterocycles. The molecule has 2 fully saturated rings. The largest absolute Gasteiger partial charge is 0.394 e. The van der Waals surface area contributed by atoms with E-state index >= 15 is 0 Å². The van der Waals surface area contributed by atoms with Crippen molar-refractivity contribution in [2.24, 2.45) is 0 Å². The summed E-state index contributed by atoms with van der Waals surface area (Å²) in [7, 11) is 0. The number of rotatable bonds is 16. The number of benzene rings is 5. The van der Waals surface area contributed by atoms with Gasteiger partial charge in [-0.2, -0.15) is 0 Å². The molecule has 0 spiro atoms. The minimum Gasteiger partial charge on any atom is -0.394 e. The van der Waals surface area contributed by atoms with Gasteiger partial charge in [0.15, 0.2) is 17.5 Å². The molecule has 61 heavy (non-hydrogen) atoms. The van der Waals surface area contributed by atoms with Gasteiger partial charge in [-0.25, -0.2) is 0 Å². The summed E-state index contributed by atoms with van der Waals surface area (Å²) in [4.78, 5) is 0. The van der Waals surface area contributed by atoms with Crippen molar-refractivity contribution in [2.75, 3.05) is 13.2 Å². The Kier molecular flexibility index (Phi) is 13.4. The fourth-order valence-corrected chi connectivity index (χ4v) is 9.60. The Morgan fingerprint density at radius 3 is 1.43 bits per heavy atom. The van der Waals surface area contributed by atoms with Crippen LogP contribution >= 0.6 is 0 Å². The van der Waals surface area contributed by atoms with Gasteiger partial charge in [-0.05, 0) is 27.8 Å². The summed E-state index contributed by atoms with van der Waals surface area (Å²) < 4.78 is 19.0. The van der Waals surface area contributed by atoms with Crippen LogP contribution in [0.25, 0.3) is 0 Å². The summed E-state index contributed by atoms with van der Waals surface area (Å²) in [5.74, 6) is 0. The predicted molar refractivity (Wildman–Crippen MR) is 228 cm³/mol. The van der Waals surface area contributed by atoms with Gasteiger partial charge in [-0.3, -0.25) is 0 Å².